The van der Waals surface area contributed by atoms with Gasteiger partial charge in [0.15, 0.2) is 0 Å². The minimum Gasteiger partial charge on any atom is -0.314 e. The predicted molar refractivity (Wildman–Crippen MR) is 148 cm³/mol. The van der Waals surface area contributed by atoms with Gasteiger partial charge in [0.05, 0.1) is 0 Å². The van der Waals surface area contributed by atoms with Crippen LogP contribution in [0.5, 0.6) is 0 Å². The van der Waals surface area contributed by atoms with Crippen LogP contribution in [0.4, 0.5) is 0 Å². The van der Waals surface area contributed by atoms with Crippen LogP contribution in [-0.4, -0.2) is 11.3 Å². The molecular weight excluding hydrogens is 454 g/mol. The zero-order valence-electron chi connectivity index (χ0n) is 20.3. The standard InChI is InChI=1S/C30H32O2P2/c1-24-15-19-28(20-16-24)34(32,29-21-17-25(2)18-22-29)30(3,4)23-33(31,26-11-7-5-8-12-26)27-13-9-6-10-14-27/h5-22H,23H2,1-4H3. The average molecular weight is 487 g/mol. The second-order valence-electron chi connectivity index (χ2n) is 9.66. The van der Waals surface area contributed by atoms with Gasteiger partial charge in [-0.3, -0.25) is 0 Å². The van der Waals surface area contributed by atoms with Crippen molar-refractivity contribution >= 4 is 35.5 Å². The second-order valence-corrected chi connectivity index (χ2v) is 16.0. The Kier molecular flexibility index (Phi) is 6.86. The van der Waals surface area contributed by atoms with Gasteiger partial charge in [0.25, 0.3) is 0 Å². The summed E-state index contributed by atoms with van der Waals surface area (Å²) in [5.74, 6) is 0. The number of hydrogen-bond acceptors (Lipinski definition) is 2. The van der Waals surface area contributed by atoms with Crippen molar-refractivity contribution in [3.63, 3.8) is 0 Å². The molecule has 0 heterocycles. The van der Waals surface area contributed by atoms with Gasteiger partial charge in [-0.2, -0.15) is 0 Å². The van der Waals surface area contributed by atoms with Crippen molar-refractivity contribution in [2.75, 3.05) is 6.16 Å². The maximum Gasteiger partial charge on any atom is 0.149 e. The molecule has 4 aromatic carbocycles. The molecule has 0 bridgehead atoms. The molecule has 4 rings (SSSR count). The summed E-state index contributed by atoms with van der Waals surface area (Å²) in [7, 11) is -6.25. The molecule has 0 amide bonds. The van der Waals surface area contributed by atoms with Crippen molar-refractivity contribution in [2.45, 2.75) is 32.9 Å². The number of hydrogen-bond donors (Lipinski definition) is 0. The molecule has 0 spiro atoms. The van der Waals surface area contributed by atoms with Crippen molar-refractivity contribution < 1.29 is 9.13 Å². The number of benzene rings is 4. The van der Waals surface area contributed by atoms with Gasteiger partial charge in [-0.15, -0.1) is 0 Å². The summed E-state index contributed by atoms with van der Waals surface area (Å²) >= 11 is 0. The Morgan fingerprint density at radius 1 is 0.529 bits per heavy atom. The van der Waals surface area contributed by atoms with Gasteiger partial charge < -0.3 is 9.13 Å². The van der Waals surface area contributed by atoms with Crippen molar-refractivity contribution in [1.29, 1.82) is 0 Å². The second kappa shape index (κ2) is 9.53. The van der Waals surface area contributed by atoms with E-state index in [2.05, 4.69) is 0 Å². The molecule has 0 unspecified atom stereocenters. The summed E-state index contributed by atoms with van der Waals surface area (Å²) in [6, 6.07) is 35.3. The highest BCUT2D eigenvalue weighted by Gasteiger charge is 2.48. The van der Waals surface area contributed by atoms with Crippen LogP contribution in [0.2, 0.25) is 0 Å². The molecule has 0 atom stereocenters. The lowest BCUT2D eigenvalue weighted by Gasteiger charge is -2.38. The van der Waals surface area contributed by atoms with E-state index in [9.17, 15) is 4.57 Å². The highest BCUT2D eigenvalue weighted by atomic mass is 31.2. The molecule has 0 radical (unpaired) electrons. The Bertz CT molecular complexity index is 1250. The van der Waals surface area contributed by atoms with Crippen molar-refractivity contribution in [3.8, 4) is 0 Å². The third-order valence-corrected chi connectivity index (χ3v) is 14.3. The molecule has 0 aliphatic heterocycles. The van der Waals surface area contributed by atoms with E-state index >= 15 is 4.57 Å². The van der Waals surface area contributed by atoms with E-state index in [1.807, 2.05) is 137 Å². The highest BCUT2D eigenvalue weighted by Crippen LogP contribution is 2.61. The maximum atomic E-state index is 15.3. The molecule has 0 aromatic heterocycles. The zero-order valence-corrected chi connectivity index (χ0v) is 22.1. The first-order chi connectivity index (χ1) is 16.2. The van der Waals surface area contributed by atoms with Gasteiger partial charge in [0.2, 0.25) is 0 Å². The van der Waals surface area contributed by atoms with Gasteiger partial charge in [0.1, 0.15) is 14.3 Å². The van der Waals surface area contributed by atoms with Gasteiger partial charge >= 0.3 is 0 Å². The van der Waals surface area contributed by atoms with Crippen LogP contribution in [-0.2, 0) is 9.13 Å². The first-order valence-electron chi connectivity index (χ1n) is 11.6. The fourth-order valence-electron chi connectivity index (χ4n) is 4.67. The SMILES string of the molecule is Cc1ccc(P(=O)(c2ccc(C)cc2)C(C)(C)CP(=O)(c2ccccc2)c2ccccc2)cc1. The largest absolute Gasteiger partial charge is 0.314 e. The van der Waals surface area contributed by atoms with E-state index in [0.717, 1.165) is 32.3 Å². The first kappa shape index (κ1) is 24.5. The summed E-state index contributed by atoms with van der Waals surface area (Å²) in [5.41, 5.74) is 2.24. The fourth-order valence-corrected chi connectivity index (χ4v) is 12.0. The van der Waals surface area contributed by atoms with Crippen LogP contribution in [0.15, 0.2) is 109 Å². The Morgan fingerprint density at radius 2 is 0.882 bits per heavy atom. The van der Waals surface area contributed by atoms with Crippen LogP contribution in [0, 0.1) is 13.8 Å². The average Bonchev–Trinajstić information content (AvgIpc) is 2.85. The molecule has 0 aliphatic carbocycles. The molecule has 174 valence electrons. The van der Waals surface area contributed by atoms with Gasteiger partial charge in [-0.1, -0.05) is 134 Å². The molecule has 0 saturated heterocycles. The monoisotopic (exact) mass is 486 g/mol. The quantitative estimate of drug-likeness (QED) is 0.283. The van der Waals surface area contributed by atoms with E-state index in [4.69, 9.17) is 0 Å². The van der Waals surface area contributed by atoms with E-state index in [1.165, 1.54) is 0 Å². The fraction of sp³-hybridized carbons (Fsp3) is 0.200. The van der Waals surface area contributed by atoms with E-state index in [0.29, 0.717) is 6.16 Å². The summed E-state index contributed by atoms with van der Waals surface area (Å²) in [6.07, 6.45) is 0.299. The predicted octanol–water partition coefficient (Wildman–Crippen LogP) is 6.41. The van der Waals surface area contributed by atoms with Crippen molar-refractivity contribution in [3.05, 3.63) is 120 Å². The van der Waals surface area contributed by atoms with Crippen LogP contribution >= 0.6 is 14.3 Å². The molecule has 0 saturated carbocycles. The van der Waals surface area contributed by atoms with Crippen LogP contribution in [0.3, 0.4) is 0 Å². The topological polar surface area (TPSA) is 34.1 Å². The lowest BCUT2D eigenvalue weighted by atomic mass is 10.2. The van der Waals surface area contributed by atoms with E-state index in [-0.39, 0.29) is 0 Å². The zero-order chi connectivity index (χ0) is 24.4. The normalized spacial score (nSPS) is 12.5. The molecule has 2 nitrogen and oxygen atoms in total. The first-order valence-corrected chi connectivity index (χ1v) is 15.2. The third-order valence-electron chi connectivity index (χ3n) is 6.60. The smallest absolute Gasteiger partial charge is 0.149 e. The maximum absolute atomic E-state index is 15.3. The van der Waals surface area contributed by atoms with Gasteiger partial charge in [-0.05, 0) is 13.8 Å². The van der Waals surface area contributed by atoms with Gasteiger partial charge in [0, 0.05) is 32.5 Å². The molecule has 0 fully saturated rings. The Morgan fingerprint density at radius 3 is 1.24 bits per heavy atom. The lowest BCUT2D eigenvalue weighted by Crippen LogP contribution is -2.38. The Labute approximate surface area is 203 Å². The van der Waals surface area contributed by atoms with Gasteiger partial charge in [-0.25, -0.2) is 0 Å². The lowest BCUT2D eigenvalue weighted by molar-refractivity contribution is 0.556. The Hall–Kier alpha value is -2.66. The molecule has 34 heavy (non-hydrogen) atoms. The molecule has 0 N–H and O–H groups in total. The van der Waals surface area contributed by atoms with Crippen molar-refractivity contribution in [1.82, 2.24) is 0 Å². The minimum atomic E-state index is -3.18. The van der Waals surface area contributed by atoms with Crippen LogP contribution < -0.4 is 21.2 Å². The number of rotatable bonds is 7. The highest BCUT2D eigenvalue weighted by molar-refractivity contribution is 7.83. The summed E-state index contributed by atoms with van der Waals surface area (Å²) in [4.78, 5) is 0. The Balaban J connectivity index is 1.92. The van der Waals surface area contributed by atoms with Crippen molar-refractivity contribution in [2.24, 2.45) is 0 Å². The molecule has 4 aromatic rings. The number of aryl methyl sites for hydroxylation is 2. The minimum absolute atomic E-state index is 0.299. The molecule has 0 aliphatic rings. The van der Waals surface area contributed by atoms with Crippen LogP contribution in [0.25, 0.3) is 0 Å². The summed E-state index contributed by atoms with van der Waals surface area (Å²) in [6.45, 7) is 8.10. The summed E-state index contributed by atoms with van der Waals surface area (Å²) in [5, 5.41) is 2.44. The van der Waals surface area contributed by atoms with E-state index < -0.39 is 19.4 Å². The molecule has 4 heteroatoms. The summed E-state index contributed by atoms with van der Waals surface area (Å²) < 4.78 is 30.2. The van der Waals surface area contributed by atoms with Crippen LogP contribution in [0.1, 0.15) is 25.0 Å². The molecular formula is C30H32O2P2. The van der Waals surface area contributed by atoms with E-state index in [1.54, 1.807) is 0 Å². The third kappa shape index (κ3) is 4.50.